The smallest absolute Gasteiger partial charge is 0.260 e. The summed E-state index contributed by atoms with van der Waals surface area (Å²) in [5.41, 5.74) is 1.15. The molecule has 0 spiro atoms. The number of likely N-dealkylation sites (tertiary alicyclic amines) is 1. The predicted molar refractivity (Wildman–Crippen MR) is 91.8 cm³/mol. The van der Waals surface area contributed by atoms with E-state index in [1.807, 2.05) is 36.2 Å². The standard InChI is InChI=1S/C17H26N2O2.ClH/c1-3-15-6-4-5-7-16(15)21-13-17(20)19-10-8-14(9-11-19)12-18-2;/h4-7,14,18H,3,8-13H2,1-2H3;1H. The third-order valence-electron chi connectivity index (χ3n) is 4.16. The lowest BCUT2D eigenvalue weighted by Crippen LogP contribution is -2.42. The zero-order valence-electron chi connectivity index (χ0n) is 13.5. The highest BCUT2D eigenvalue weighted by Crippen LogP contribution is 2.19. The van der Waals surface area contributed by atoms with Crippen molar-refractivity contribution in [1.82, 2.24) is 10.2 Å². The molecule has 22 heavy (non-hydrogen) atoms. The number of carbonyl (C=O) groups excluding carboxylic acids is 1. The lowest BCUT2D eigenvalue weighted by Gasteiger charge is -2.31. The maximum absolute atomic E-state index is 12.2. The zero-order valence-corrected chi connectivity index (χ0v) is 14.3. The van der Waals surface area contributed by atoms with Crippen LogP contribution >= 0.6 is 12.4 Å². The molecule has 0 atom stereocenters. The Balaban J connectivity index is 0.00000242. The number of piperidine rings is 1. The van der Waals surface area contributed by atoms with Crippen LogP contribution in [0.2, 0.25) is 0 Å². The van der Waals surface area contributed by atoms with Gasteiger partial charge in [0.15, 0.2) is 6.61 Å². The first-order valence-electron chi connectivity index (χ1n) is 7.87. The molecule has 1 aliphatic rings. The van der Waals surface area contributed by atoms with Crippen LogP contribution in [0.25, 0.3) is 0 Å². The summed E-state index contributed by atoms with van der Waals surface area (Å²) in [6.45, 7) is 4.99. The largest absolute Gasteiger partial charge is 0.483 e. The third-order valence-corrected chi connectivity index (χ3v) is 4.16. The summed E-state index contributed by atoms with van der Waals surface area (Å²) in [4.78, 5) is 14.2. The molecule has 4 nitrogen and oxygen atoms in total. The van der Waals surface area contributed by atoms with Crippen LogP contribution < -0.4 is 10.1 Å². The van der Waals surface area contributed by atoms with Crippen molar-refractivity contribution in [1.29, 1.82) is 0 Å². The molecule has 0 radical (unpaired) electrons. The van der Waals surface area contributed by atoms with E-state index < -0.39 is 0 Å². The Bertz CT molecular complexity index is 460. The van der Waals surface area contributed by atoms with Gasteiger partial charge in [-0.1, -0.05) is 25.1 Å². The summed E-state index contributed by atoms with van der Waals surface area (Å²) >= 11 is 0. The molecule has 0 unspecified atom stereocenters. The molecule has 124 valence electrons. The second-order valence-corrected chi connectivity index (χ2v) is 5.63. The number of hydrogen-bond donors (Lipinski definition) is 1. The summed E-state index contributed by atoms with van der Waals surface area (Å²) in [5, 5.41) is 3.21. The first-order valence-corrected chi connectivity index (χ1v) is 7.87. The molecule has 0 aliphatic carbocycles. The molecular weight excluding hydrogens is 300 g/mol. The van der Waals surface area contributed by atoms with E-state index in [1.165, 1.54) is 0 Å². The van der Waals surface area contributed by atoms with Crippen LogP contribution in [0.5, 0.6) is 5.75 Å². The molecule has 5 heteroatoms. The Labute approximate surface area is 139 Å². The van der Waals surface area contributed by atoms with Crippen LogP contribution in [-0.2, 0) is 11.2 Å². The lowest BCUT2D eigenvalue weighted by molar-refractivity contribution is -0.134. The molecule has 2 rings (SSSR count). The van der Waals surface area contributed by atoms with Gasteiger partial charge < -0.3 is 15.0 Å². The van der Waals surface area contributed by atoms with Crippen molar-refractivity contribution in [2.24, 2.45) is 5.92 Å². The van der Waals surface area contributed by atoms with E-state index in [1.54, 1.807) is 0 Å². The monoisotopic (exact) mass is 326 g/mol. The highest BCUT2D eigenvalue weighted by atomic mass is 35.5. The molecule has 1 heterocycles. The molecule has 1 N–H and O–H groups in total. The second-order valence-electron chi connectivity index (χ2n) is 5.63. The van der Waals surface area contributed by atoms with Gasteiger partial charge in [0, 0.05) is 13.1 Å². The number of nitrogens with one attached hydrogen (secondary N) is 1. The zero-order chi connectivity index (χ0) is 15.1. The third kappa shape index (κ3) is 5.18. The van der Waals surface area contributed by atoms with Gasteiger partial charge in [-0.3, -0.25) is 4.79 Å². The molecule has 1 fully saturated rings. The van der Waals surface area contributed by atoms with E-state index in [9.17, 15) is 4.79 Å². The maximum atomic E-state index is 12.2. The van der Waals surface area contributed by atoms with Crippen molar-refractivity contribution >= 4 is 18.3 Å². The molecule has 1 aliphatic heterocycles. The summed E-state index contributed by atoms with van der Waals surface area (Å²) in [7, 11) is 1.98. The molecular formula is C17H27ClN2O2. The number of ether oxygens (including phenoxy) is 1. The minimum Gasteiger partial charge on any atom is -0.483 e. The van der Waals surface area contributed by atoms with Gasteiger partial charge >= 0.3 is 0 Å². The van der Waals surface area contributed by atoms with Crippen molar-refractivity contribution in [3.63, 3.8) is 0 Å². The molecule has 0 aromatic heterocycles. The number of hydrogen-bond acceptors (Lipinski definition) is 3. The van der Waals surface area contributed by atoms with Crippen molar-refractivity contribution < 1.29 is 9.53 Å². The highest BCUT2D eigenvalue weighted by Gasteiger charge is 2.22. The van der Waals surface area contributed by atoms with Crippen molar-refractivity contribution in [2.75, 3.05) is 33.3 Å². The molecule has 1 aromatic carbocycles. The summed E-state index contributed by atoms with van der Waals surface area (Å²) in [6, 6.07) is 7.93. The van der Waals surface area contributed by atoms with Gasteiger partial charge in [-0.15, -0.1) is 12.4 Å². The number of carbonyl (C=O) groups is 1. The minimum absolute atomic E-state index is 0. The molecule has 0 saturated carbocycles. The molecule has 1 saturated heterocycles. The van der Waals surface area contributed by atoms with Gasteiger partial charge in [0.1, 0.15) is 5.75 Å². The Morgan fingerprint density at radius 1 is 1.32 bits per heavy atom. The van der Waals surface area contributed by atoms with Crippen LogP contribution in [0.4, 0.5) is 0 Å². The Morgan fingerprint density at radius 3 is 2.64 bits per heavy atom. The first kappa shape index (κ1) is 18.8. The van der Waals surface area contributed by atoms with E-state index in [-0.39, 0.29) is 24.9 Å². The topological polar surface area (TPSA) is 41.6 Å². The Morgan fingerprint density at radius 2 is 2.00 bits per heavy atom. The van der Waals surface area contributed by atoms with Gasteiger partial charge in [0.25, 0.3) is 5.91 Å². The Hall–Kier alpha value is -1.26. The Kier molecular flexibility index (Phi) is 8.28. The summed E-state index contributed by atoms with van der Waals surface area (Å²) in [6.07, 6.45) is 3.08. The van der Waals surface area contributed by atoms with E-state index in [2.05, 4.69) is 12.2 Å². The number of amides is 1. The highest BCUT2D eigenvalue weighted by molar-refractivity contribution is 5.85. The van der Waals surface area contributed by atoms with E-state index >= 15 is 0 Å². The fourth-order valence-corrected chi connectivity index (χ4v) is 2.84. The van der Waals surface area contributed by atoms with Crippen LogP contribution in [0.15, 0.2) is 24.3 Å². The first-order chi connectivity index (χ1) is 10.2. The number of aryl methyl sites for hydroxylation is 1. The van der Waals surface area contributed by atoms with Crippen molar-refractivity contribution in [3.05, 3.63) is 29.8 Å². The fraction of sp³-hybridized carbons (Fsp3) is 0.588. The number of rotatable bonds is 6. The fourth-order valence-electron chi connectivity index (χ4n) is 2.84. The van der Waals surface area contributed by atoms with Crippen LogP contribution in [-0.4, -0.2) is 44.1 Å². The van der Waals surface area contributed by atoms with Crippen LogP contribution in [0, 0.1) is 5.92 Å². The average molecular weight is 327 g/mol. The summed E-state index contributed by atoms with van der Waals surface area (Å²) < 4.78 is 5.71. The normalized spacial score (nSPS) is 15.3. The van der Waals surface area contributed by atoms with Crippen molar-refractivity contribution in [3.8, 4) is 5.75 Å². The van der Waals surface area contributed by atoms with Crippen molar-refractivity contribution in [2.45, 2.75) is 26.2 Å². The van der Waals surface area contributed by atoms with Gasteiger partial charge in [-0.25, -0.2) is 0 Å². The van der Waals surface area contributed by atoms with Gasteiger partial charge in [0.05, 0.1) is 0 Å². The van der Waals surface area contributed by atoms with Gasteiger partial charge in [0.2, 0.25) is 0 Å². The number of para-hydroxylation sites is 1. The average Bonchev–Trinajstić information content (AvgIpc) is 2.54. The minimum atomic E-state index is 0. The molecule has 1 amide bonds. The van der Waals surface area contributed by atoms with E-state index in [0.29, 0.717) is 5.92 Å². The maximum Gasteiger partial charge on any atom is 0.260 e. The van der Waals surface area contributed by atoms with E-state index in [0.717, 1.165) is 50.2 Å². The van der Waals surface area contributed by atoms with Crippen LogP contribution in [0.3, 0.4) is 0 Å². The molecule has 0 bridgehead atoms. The van der Waals surface area contributed by atoms with E-state index in [4.69, 9.17) is 4.74 Å². The van der Waals surface area contributed by atoms with Crippen LogP contribution in [0.1, 0.15) is 25.3 Å². The number of nitrogens with zero attached hydrogens (tertiary/aromatic N) is 1. The quantitative estimate of drug-likeness (QED) is 0.873. The number of benzene rings is 1. The predicted octanol–water partition coefficient (Wildman–Crippen LogP) is 2.51. The molecule has 1 aromatic rings. The van der Waals surface area contributed by atoms with Gasteiger partial charge in [-0.05, 0) is 50.4 Å². The van der Waals surface area contributed by atoms with Gasteiger partial charge in [-0.2, -0.15) is 0 Å². The second kappa shape index (κ2) is 9.70. The number of halogens is 1. The SMILES string of the molecule is CCc1ccccc1OCC(=O)N1CCC(CNC)CC1.Cl. The summed E-state index contributed by atoms with van der Waals surface area (Å²) in [5.74, 6) is 1.63. The lowest BCUT2D eigenvalue weighted by atomic mass is 9.97.